The number of carbonyl (C=O) groups excluding carboxylic acids is 2. The smallest absolute Gasteiger partial charge is 0.262 e. The molecule has 2 amide bonds. The fraction of sp³-hybridized carbons (Fsp3) is 0.200. The summed E-state index contributed by atoms with van der Waals surface area (Å²) >= 11 is 6.96. The highest BCUT2D eigenvalue weighted by Crippen LogP contribution is 2.24. The first-order valence-corrected chi connectivity index (χ1v) is 7.87. The molecule has 1 atom stereocenters. The fourth-order valence-corrected chi connectivity index (χ4v) is 3.30. The number of halogens is 2. The zero-order chi connectivity index (χ0) is 15.7. The topological polar surface area (TPSA) is 49.4 Å². The van der Waals surface area contributed by atoms with Crippen LogP contribution in [0.1, 0.15) is 16.1 Å². The summed E-state index contributed by atoms with van der Waals surface area (Å²) in [7, 11) is 0. The van der Waals surface area contributed by atoms with Crippen molar-refractivity contribution < 1.29 is 14.0 Å². The Morgan fingerprint density at radius 2 is 2.00 bits per heavy atom. The molecular weight excluding hydrogens is 327 g/mol. The molecule has 0 radical (unpaired) electrons. The van der Waals surface area contributed by atoms with Crippen LogP contribution >= 0.6 is 22.9 Å². The van der Waals surface area contributed by atoms with Crippen molar-refractivity contribution in [1.29, 1.82) is 0 Å². The van der Waals surface area contributed by atoms with E-state index in [1.165, 1.54) is 23.5 Å². The molecule has 22 heavy (non-hydrogen) atoms. The summed E-state index contributed by atoms with van der Waals surface area (Å²) in [5.41, 5.74) is 0.627. The molecule has 0 spiro atoms. The minimum absolute atomic E-state index is 0.192. The lowest BCUT2D eigenvalue weighted by molar-refractivity contribution is -0.118. The molecule has 1 unspecified atom stereocenters. The van der Waals surface area contributed by atoms with E-state index in [1.54, 1.807) is 29.2 Å². The molecule has 1 aromatic heterocycles. The molecule has 0 aliphatic carbocycles. The van der Waals surface area contributed by atoms with Gasteiger partial charge in [-0.2, -0.15) is 0 Å². The minimum atomic E-state index is -0.571. The van der Waals surface area contributed by atoms with Gasteiger partial charge in [0.05, 0.1) is 9.21 Å². The van der Waals surface area contributed by atoms with Crippen molar-refractivity contribution >= 4 is 40.4 Å². The van der Waals surface area contributed by atoms with E-state index in [0.717, 1.165) is 0 Å². The number of nitrogens with one attached hydrogen (secondary N) is 1. The molecule has 3 rings (SSSR count). The highest BCUT2D eigenvalue weighted by Gasteiger charge is 2.33. The Hall–Kier alpha value is -1.92. The third-order valence-corrected chi connectivity index (χ3v) is 4.68. The van der Waals surface area contributed by atoms with E-state index in [0.29, 0.717) is 27.9 Å². The quantitative estimate of drug-likeness (QED) is 0.935. The molecule has 4 nitrogen and oxygen atoms in total. The predicted molar refractivity (Wildman–Crippen MR) is 84.0 cm³/mol. The van der Waals surface area contributed by atoms with Crippen molar-refractivity contribution in [2.24, 2.45) is 0 Å². The van der Waals surface area contributed by atoms with Crippen LogP contribution in [0.5, 0.6) is 0 Å². The second-order valence-electron chi connectivity index (χ2n) is 4.88. The van der Waals surface area contributed by atoms with Crippen LogP contribution in [0.25, 0.3) is 0 Å². The summed E-state index contributed by atoms with van der Waals surface area (Å²) < 4.78 is 13.5. The zero-order valence-corrected chi connectivity index (χ0v) is 13.0. The van der Waals surface area contributed by atoms with Crippen molar-refractivity contribution in [3.05, 3.63) is 51.4 Å². The van der Waals surface area contributed by atoms with Gasteiger partial charge in [-0.05, 0) is 42.8 Å². The van der Waals surface area contributed by atoms with Gasteiger partial charge in [0.1, 0.15) is 11.9 Å². The number of rotatable bonds is 3. The third kappa shape index (κ3) is 2.98. The lowest BCUT2D eigenvalue weighted by Crippen LogP contribution is -2.41. The summed E-state index contributed by atoms with van der Waals surface area (Å²) in [5.74, 6) is -0.853. The maximum atomic E-state index is 12.9. The SMILES string of the molecule is O=C(NC1CCN(c2ccc(F)cc2)C1=O)c1ccc(Cl)s1. The first kappa shape index (κ1) is 15.0. The van der Waals surface area contributed by atoms with Crippen LogP contribution in [0.4, 0.5) is 10.1 Å². The van der Waals surface area contributed by atoms with E-state index in [9.17, 15) is 14.0 Å². The van der Waals surface area contributed by atoms with Crippen molar-refractivity contribution in [2.45, 2.75) is 12.5 Å². The van der Waals surface area contributed by atoms with E-state index < -0.39 is 6.04 Å². The fourth-order valence-electron chi connectivity index (χ4n) is 2.36. The number of nitrogens with zero attached hydrogens (tertiary/aromatic N) is 1. The van der Waals surface area contributed by atoms with Gasteiger partial charge < -0.3 is 10.2 Å². The van der Waals surface area contributed by atoms with Crippen LogP contribution < -0.4 is 10.2 Å². The summed E-state index contributed by atoms with van der Waals surface area (Å²) in [6.07, 6.45) is 0.515. The van der Waals surface area contributed by atoms with Crippen LogP contribution in [0, 0.1) is 5.82 Å². The van der Waals surface area contributed by atoms with Crippen LogP contribution in [-0.2, 0) is 4.79 Å². The number of hydrogen-bond acceptors (Lipinski definition) is 3. The van der Waals surface area contributed by atoms with E-state index >= 15 is 0 Å². The minimum Gasteiger partial charge on any atom is -0.339 e. The Bertz CT molecular complexity index is 717. The molecule has 2 heterocycles. The van der Waals surface area contributed by atoms with Gasteiger partial charge in [0, 0.05) is 12.2 Å². The van der Waals surface area contributed by atoms with Crippen molar-refractivity contribution in [1.82, 2.24) is 5.32 Å². The Balaban J connectivity index is 1.68. The molecule has 0 saturated carbocycles. The molecule has 1 aromatic carbocycles. The van der Waals surface area contributed by atoms with Crippen molar-refractivity contribution in [2.75, 3.05) is 11.4 Å². The van der Waals surface area contributed by atoms with Gasteiger partial charge in [-0.1, -0.05) is 11.6 Å². The normalized spacial score (nSPS) is 17.8. The molecule has 1 fully saturated rings. The maximum absolute atomic E-state index is 12.9. The number of hydrogen-bond donors (Lipinski definition) is 1. The molecule has 1 aliphatic heterocycles. The second-order valence-corrected chi connectivity index (χ2v) is 6.60. The van der Waals surface area contributed by atoms with Gasteiger partial charge in [0.25, 0.3) is 5.91 Å². The number of amides is 2. The van der Waals surface area contributed by atoms with Gasteiger partial charge in [-0.3, -0.25) is 9.59 Å². The molecule has 114 valence electrons. The third-order valence-electron chi connectivity index (χ3n) is 3.45. The largest absolute Gasteiger partial charge is 0.339 e. The number of carbonyl (C=O) groups is 2. The van der Waals surface area contributed by atoms with Crippen molar-refractivity contribution in [3.63, 3.8) is 0 Å². The molecule has 1 aliphatic rings. The lowest BCUT2D eigenvalue weighted by atomic mass is 10.2. The first-order valence-electron chi connectivity index (χ1n) is 6.68. The molecule has 7 heteroatoms. The number of anilines is 1. The van der Waals surface area contributed by atoms with Crippen LogP contribution in [0.2, 0.25) is 4.34 Å². The predicted octanol–water partition coefficient (Wildman–Crippen LogP) is 3.08. The first-order chi connectivity index (χ1) is 10.5. The van der Waals surface area contributed by atoms with Crippen molar-refractivity contribution in [3.8, 4) is 0 Å². The Labute approximate surface area is 135 Å². The van der Waals surface area contributed by atoms with Gasteiger partial charge in [0.2, 0.25) is 5.91 Å². The van der Waals surface area contributed by atoms with Gasteiger partial charge >= 0.3 is 0 Å². The standard InChI is InChI=1S/C15H12ClFN2O2S/c16-13-6-5-12(22-13)14(20)18-11-7-8-19(15(11)21)10-3-1-9(17)2-4-10/h1-6,11H,7-8H2,(H,18,20). The summed E-state index contributed by atoms with van der Waals surface area (Å²) in [6.45, 7) is 0.487. The van der Waals surface area contributed by atoms with Crippen LogP contribution in [-0.4, -0.2) is 24.4 Å². The Morgan fingerprint density at radius 1 is 1.27 bits per heavy atom. The van der Waals surface area contributed by atoms with E-state index in [2.05, 4.69) is 5.32 Å². The average Bonchev–Trinajstić information content (AvgIpc) is 3.08. The van der Waals surface area contributed by atoms with Crippen LogP contribution in [0.15, 0.2) is 36.4 Å². The highest BCUT2D eigenvalue weighted by molar-refractivity contribution is 7.18. The van der Waals surface area contributed by atoms with Crippen LogP contribution in [0.3, 0.4) is 0 Å². The zero-order valence-electron chi connectivity index (χ0n) is 11.4. The monoisotopic (exact) mass is 338 g/mol. The number of benzene rings is 1. The summed E-state index contributed by atoms with van der Waals surface area (Å²) in [4.78, 5) is 26.4. The van der Waals surface area contributed by atoms with Gasteiger partial charge in [0.15, 0.2) is 0 Å². The van der Waals surface area contributed by atoms with E-state index in [1.807, 2.05) is 0 Å². The summed E-state index contributed by atoms with van der Waals surface area (Å²) in [6, 6.07) is 8.41. The second kappa shape index (κ2) is 6.06. The maximum Gasteiger partial charge on any atom is 0.262 e. The molecular formula is C15H12ClFN2O2S. The van der Waals surface area contributed by atoms with E-state index in [4.69, 9.17) is 11.6 Å². The lowest BCUT2D eigenvalue weighted by Gasteiger charge is -2.17. The molecule has 1 saturated heterocycles. The Kier molecular flexibility index (Phi) is 4.13. The molecule has 1 N–H and O–H groups in total. The molecule has 2 aromatic rings. The number of thiophene rings is 1. The average molecular weight is 339 g/mol. The Morgan fingerprint density at radius 3 is 2.64 bits per heavy atom. The molecule has 0 bridgehead atoms. The van der Waals surface area contributed by atoms with E-state index in [-0.39, 0.29) is 17.6 Å². The highest BCUT2D eigenvalue weighted by atomic mass is 35.5. The van der Waals surface area contributed by atoms with Gasteiger partial charge in [-0.25, -0.2) is 4.39 Å². The van der Waals surface area contributed by atoms with Gasteiger partial charge in [-0.15, -0.1) is 11.3 Å². The summed E-state index contributed by atoms with van der Waals surface area (Å²) in [5, 5.41) is 2.72.